The molecule has 82 valence electrons. The first-order chi connectivity index (χ1) is 6.73. The second-order valence-corrected chi connectivity index (χ2v) is 4.63. The molecule has 0 atom stereocenters. The molecule has 9 heteroatoms. The maximum Gasteiger partial charge on any atom is 0.332 e. The molecular formula is C6H2BrF2NO4S. The van der Waals surface area contributed by atoms with E-state index in [-0.39, 0.29) is 0 Å². The van der Waals surface area contributed by atoms with Crippen molar-refractivity contribution in [3.05, 3.63) is 32.5 Å². The Kier molecular flexibility index (Phi) is 3.05. The van der Waals surface area contributed by atoms with E-state index in [4.69, 9.17) is 0 Å². The number of halogens is 3. The van der Waals surface area contributed by atoms with E-state index in [1.54, 1.807) is 0 Å². The maximum atomic E-state index is 13.0. The highest BCUT2D eigenvalue weighted by molar-refractivity contribution is 9.10. The summed E-state index contributed by atoms with van der Waals surface area (Å²) in [5.41, 5.74) is -1.11. The fourth-order valence-corrected chi connectivity index (χ4v) is 1.94. The van der Waals surface area contributed by atoms with Crippen LogP contribution in [0.1, 0.15) is 0 Å². The highest BCUT2D eigenvalue weighted by Crippen LogP contribution is 2.29. The topological polar surface area (TPSA) is 77.3 Å². The normalized spacial score (nSPS) is 11.4. The Morgan fingerprint density at radius 2 is 1.93 bits per heavy atom. The van der Waals surface area contributed by atoms with E-state index >= 15 is 0 Å². The molecular weight excluding hydrogens is 300 g/mol. The number of benzene rings is 1. The summed E-state index contributed by atoms with van der Waals surface area (Å²) in [5.74, 6) is -1.26. The lowest BCUT2D eigenvalue weighted by atomic mass is 10.3. The van der Waals surface area contributed by atoms with Crippen molar-refractivity contribution in [2.75, 3.05) is 0 Å². The summed E-state index contributed by atoms with van der Waals surface area (Å²) >= 11 is 2.55. The predicted molar refractivity (Wildman–Crippen MR) is 49.0 cm³/mol. The first-order valence-corrected chi connectivity index (χ1v) is 5.49. The van der Waals surface area contributed by atoms with Gasteiger partial charge in [-0.15, -0.1) is 3.89 Å². The van der Waals surface area contributed by atoms with Crippen LogP contribution in [0.3, 0.4) is 0 Å². The van der Waals surface area contributed by atoms with E-state index in [0.717, 1.165) is 0 Å². The van der Waals surface area contributed by atoms with Gasteiger partial charge in [-0.1, -0.05) is 0 Å². The molecule has 1 rings (SSSR count). The van der Waals surface area contributed by atoms with Gasteiger partial charge < -0.3 is 0 Å². The van der Waals surface area contributed by atoms with E-state index in [1.807, 2.05) is 0 Å². The van der Waals surface area contributed by atoms with Crippen molar-refractivity contribution in [1.29, 1.82) is 0 Å². The molecule has 0 unspecified atom stereocenters. The van der Waals surface area contributed by atoms with E-state index in [2.05, 4.69) is 15.9 Å². The Balaban J connectivity index is 3.57. The third kappa shape index (κ3) is 2.48. The first kappa shape index (κ1) is 12.0. The SMILES string of the molecule is O=[N+]([O-])c1cc(S(=O)(=O)F)cc(Br)c1F. The maximum absolute atomic E-state index is 13.0. The predicted octanol–water partition coefficient (Wildman–Crippen LogP) is 2.15. The third-order valence-corrected chi connectivity index (χ3v) is 2.84. The fourth-order valence-electron chi connectivity index (χ4n) is 0.824. The lowest BCUT2D eigenvalue weighted by Crippen LogP contribution is -1.98. The van der Waals surface area contributed by atoms with Crippen LogP contribution in [0.5, 0.6) is 0 Å². The minimum atomic E-state index is -5.10. The van der Waals surface area contributed by atoms with Crippen LogP contribution in [0.4, 0.5) is 14.0 Å². The highest BCUT2D eigenvalue weighted by atomic mass is 79.9. The van der Waals surface area contributed by atoms with Gasteiger partial charge in [0.2, 0.25) is 5.82 Å². The zero-order chi connectivity index (χ0) is 11.8. The minimum absolute atomic E-state index is 0.315. The number of hydrogen-bond donors (Lipinski definition) is 0. The Hall–Kier alpha value is -1.09. The van der Waals surface area contributed by atoms with Crippen LogP contribution in [0, 0.1) is 15.9 Å². The minimum Gasteiger partial charge on any atom is -0.258 e. The van der Waals surface area contributed by atoms with Crippen LogP contribution in [0.2, 0.25) is 0 Å². The van der Waals surface area contributed by atoms with Gasteiger partial charge in [-0.05, 0) is 22.0 Å². The summed E-state index contributed by atoms with van der Waals surface area (Å²) < 4.78 is 45.9. The Labute approximate surface area is 91.2 Å². The number of nitro groups is 1. The van der Waals surface area contributed by atoms with Crippen molar-refractivity contribution in [3.8, 4) is 0 Å². The lowest BCUT2D eigenvalue weighted by Gasteiger charge is -1.99. The molecule has 0 saturated carbocycles. The standard InChI is InChI=1S/C6H2BrF2NO4S/c7-4-1-3(15(9,13)14)2-5(6(4)8)10(11)12/h1-2H. The van der Waals surface area contributed by atoms with Gasteiger partial charge in [0.15, 0.2) is 0 Å². The zero-order valence-corrected chi connectivity index (χ0v) is 9.18. The van der Waals surface area contributed by atoms with Gasteiger partial charge in [0.1, 0.15) is 4.90 Å². The first-order valence-electron chi connectivity index (χ1n) is 3.31. The van der Waals surface area contributed by atoms with E-state index in [1.165, 1.54) is 0 Å². The fraction of sp³-hybridized carbons (Fsp3) is 0. The number of rotatable bonds is 2. The van der Waals surface area contributed by atoms with Crippen LogP contribution in [-0.2, 0) is 10.2 Å². The second kappa shape index (κ2) is 3.81. The van der Waals surface area contributed by atoms with E-state index in [0.29, 0.717) is 12.1 Å². The van der Waals surface area contributed by atoms with Crippen molar-refractivity contribution in [1.82, 2.24) is 0 Å². The van der Waals surface area contributed by atoms with Crippen LogP contribution in [0.25, 0.3) is 0 Å². The van der Waals surface area contributed by atoms with Crippen LogP contribution in [-0.4, -0.2) is 13.3 Å². The van der Waals surface area contributed by atoms with Crippen molar-refractivity contribution in [2.45, 2.75) is 4.90 Å². The quantitative estimate of drug-likeness (QED) is 0.476. The van der Waals surface area contributed by atoms with Crippen LogP contribution < -0.4 is 0 Å². The third-order valence-electron chi connectivity index (χ3n) is 1.46. The van der Waals surface area contributed by atoms with Gasteiger partial charge in [-0.25, -0.2) is 0 Å². The molecule has 0 spiro atoms. The summed E-state index contributed by atoms with van der Waals surface area (Å²) in [4.78, 5) is 8.17. The van der Waals surface area contributed by atoms with Crippen molar-refractivity contribution in [2.24, 2.45) is 0 Å². The number of nitro benzene ring substituents is 1. The van der Waals surface area contributed by atoms with E-state index < -0.39 is 36.0 Å². The number of hydrogen-bond acceptors (Lipinski definition) is 4. The summed E-state index contributed by atoms with van der Waals surface area (Å²) in [6.45, 7) is 0. The molecule has 0 aromatic heterocycles. The van der Waals surface area contributed by atoms with Crippen molar-refractivity contribution in [3.63, 3.8) is 0 Å². The summed E-state index contributed by atoms with van der Waals surface area (Å²) in [6, 6.07) is 0.924. The largest absolute Gasteiger partial charge is 0.332 e. The summed E-state index contributed by atoms with van der Waals surface area (Å²) in [5, 5.41) is 10.3. The molecule has 0 N–H and O–H groups in total. The van der Waals surface area contributed by atoms with Gasteiger partial charge in [-0.3, -0.25) is 10.1 Å². The highest BCUT2D eigenvalue weighted by Gasteiger charge is 2.23. The van der Waals surface area contributed by atoms with Crippen molar-refractivity contribution < 1.29 is 21.6 Å². The molecule has 0 fully saturated rings. The molecule has 0 heterocycles. The summed E-state index contributed by atoms with van der Waals surface area (Å²) in [7, 11) is -5.10. The molecule has 0 bridgehead atoms. The van der Waals surface area contributed by atoms with Gasteiger partial charge in [-0.2, -0.15) is 12.8 Å². The molecule has 0 aliphatic heterocycles. The average molecular weight is 302 g/mol. The molecule has 0 aliphatic rings. The second-order valence-electron chi connectivity index (χ2n) is 2.43. The average Bonchev–Trinajstić information content (AvgIpc) is 2.06. The Bertz CT molecular complexity index is 530. The molecule has 0 aliphatic carbocycles. The molecule has 15 heavy (non-hydrogen) atoms. The molecule has 0 radical (unpaired) electrons. The van der Waals surface area contributed by atoms with Crippen molar-refractivity contribution >= 4 is 31.8 Å². The zero-order valence-electron chi connectivity index (χ0n) is 6.78. The Morgan fingerprint density at radius 3 is 2.33 bits per heavy atom. The lowest BCUT2D eigenvalue weighted by molar-refractivity contribution is -0.387. The molecule has 5 nitrogen and oxygen atoms in total. The molecule has 1 aromatic rings. The van der Waals surface area contributed by atoms with Gasteiger partial charge >= 0.3 is 15.9 Å². The molecule has 0 amide bonds. The van der Waals surface area contributed by atoms with Crippen LogP contribution in [0.15, 0.2) is 21.5 Å². The van der Waals surface area contributed by atoms with Crippen LogP contribution >= 0.6 is 15.9 Å². The van der Waals surface area contributed by atoms with Gasteiger partial charge in [0.25, 0.3) is 0 Å². The van der Waals surface area contributed by atoms with E-state index in [9.17, 15) is 26.8 Å². The Morgan fingerprint density at radius 1 is 1.40 bits per heavy atom. The number of nitrogens with zero attached hydrogens (tertiary/aromatic N) is 1. The smallest absolute Gasteiger partial charge is 0.258 e. The monoisotopic (exact) mass is 301 g/mol. The molecule has 0 saturated heterocycles. The van der Waals surface area contributed by atoms with Gasteiger partial charge in [0.05, 0.1) is 9.40 Å². The van der Waals surface area contributed by atoms with Gasteiger partial charge in [0, 0.05) is 6.07 Å². The summed E-state index contributed by atoms with van der Waals surface area (Å²) in [6.07, 6.45) is 0. The molecule has 1 aromatic carbocycles.